The standard InChI is InChI=1S/C15H23F2N/c1-4-11(5-2)15(18-6-3)10-12-9-13(16)7-8-14(12)17/h7-9,11,15,18H,4-6,10H2,1-3H3. The minimum atomic E-state index is -0.369. The maximum Gasteiger partial charge on any atom is 0.126 e. The van der Waals surface area contributed by atoms with Crippen LogP contribution in [0.3, 0.4) is 0 Å². The summed E-state index contributed by atoms with van der Waals surface area (Å²) in [6.07, 6.45) is 2.64. The molecule has 1 atom stereocenters. The van der Waals surface area contributed by atoms with E-state index in [4.69, 9.17) is 0 Å². The summed E-state index contributed by atoms with van der Waals surface area (Å²) in [6, 6.07) is 3.89. The van der Waals surface area contributed by atoms with Crippen molar-refractivity contribution in [2.75, 3.05) is 6.54 Å². The summed E-state index contributed by atoms with van der Waals surface area (Å²) in [5.74, 6) is -0.191. The quantitative estimate of drug-likeness (QED) is 0.778. The third kappa shape index (κ3) is 4.05. The first-order valence-electron chi connectivity index (χ1n) is 6.79. The van der Waals surface area contributed by atoms with E-state index >= 15 is 0 Å². The van der Waals surface area contributed by atoms with E-state index in [2.05, 4.69) is 19.2 Å². The number of benzene rings is 1. The molecule has 0 radical (unpaired) electrons. The van der Waals surface area contributed by atoms with Crippen molar-refractivity contribution in [1.29, 1.82) is 0 Å². The minimum Gasteiger partial charge on any atom is -0.314 e. The van der Waals surface area contributed by atoms with Gasteiger partial charge < -0.3 is 5.32 Å². The zero-order valence-electron chi connectivity index (χ0n) is 11.5. The van der Waals surface area contributed by atoms with Crippen LogP contribution >= 0.6 is 0 Å². The van der Waals surface area contributed by atoms with Gasteiger partial charge in [-0.2, -0.15) is 0 Å². The number of rotatable bonds is 7. The lowest BCUT2D eigenvalue weighted by Crippen LogP contribution is -2.37. The number of hydrogen-bond donors (Lipinski definition) is 1. The Morgan fingerprint density at radius 3 is 2.33 bits per heavy atom. The molecular formula is C15H23F2N. The number of hydrogen-bond acceptors (Lipinski definition) is 1. The molecule has 0 bridgehead atoms. The van der Waals surface area contributed by atoms with Gasteiger partial charge >= 0.3 is 0 Å². The van der Waals surface area contributed by atoms with E-state index in [-0.39, 0.29) is 17.7 Å². The van der Waals surface area contributed by atoms with Crippen LogP contribution in [0, 0.1) is 17.6 Å². The van der Waals surface area contributed by atoms with Gasteiger partial charge in [0, 0.05) is 6.04 Å². The molecule has 1 N–H and O–H groups in total. The average molecular weight is 255 g/mol. The van der Waals surface area contributed by atoms with Crippen molar-refractivity contribution in [2.24, 2.45) is 5.92 Å². The fraction of sp³-hybridized carbons (Fsp3) is 0.600. The van der Waals surface area contributed by atoms with E-state index in [0.29, 0.717) is 17.9 Å². The summed E-state index contributed by atoms with van der Waals surface area (Å²) in [7, 11) is 0. The molecule has 0 aliphatic rings. The molecule has 1 aromatic carbocycles. The molecule has 0 spiro atoms. The first kappa shape index (κ1) is 15.1. The SMILES string of the molecule is CCNC(Cc1cc(F)ccc1F)C(CC)CC. The van der Waals surface area contributed by atoms with Gasteiger partial charge in [-0.25, -0.2) is 8.78 Å². The average Bonchev–Trinajstić information content (AvgIpc) is 2.35. The molecule has 1 aromatic rings. The van der Waals surface area contributed by atoms with E-state index in [1.54, 1.807) is 0 Å². The number of likely N-dealkylation sites (N-methyl/N-ethyl adjacent to an activating group) is 1. The second kappa shape index (κ2) is 7.47. The smallest absolute Gasteiger partial charge is 0.126 e. The third-order valence-corrected chi connectivity index (χ3v) is 3.53. The fourth-order valence-electron chi connectivity index (χ4n) is 2.46. The highest BCUT2D eigenvalue weighted by Gasteiger charge is 2.19. The molecule has 0 saturated heterocycles. The van der Waals surface area contributed by atoms with Gasteiger partial charge in [-0.15, -0.1) is 0 Å². The van der Waals surface area contributed by atoms with Crippen molar-refractivity contribution in [3.63, 3.8) is 0 Å². The Balaban J connectivity index is 2.85. The third-order valence-electron chi connectivity index (χ3n) is 3.53. The number of nitrogens with one attached hydrogen (secondary N) is 1. The number of halogens is 2. The zero-order valence-corrected chi connectivity index (χ0v) is 11.5. The first-order chi connectivity index (χ1) is 8.62. The molecule has 0 heterocycles. The molecule has 0 aliphatic heterocycles. The summed E-state index contributed by atoms with van der Waals surface area (Å²) < 4.78 is 26.8. The highest BCUT2D eigenvalue weighted by Crippen LogP contribution is 2.19. The Hall–Kier alpha value is -0.960. The van der Waals surface area contributed by atoms with Crippen molar-refractivity contribution in [3.05, 3.63) is 35.4 Å². The van der Waals surface area contributed by atoms with Gasteiger partial charge in [0.15, 0.2) is 0 Å². The van der Waals surface area contributed by atoms with Gasteiger partial charge in [-0.05, 0) is 42.6 Å². The van der Waals surface area contributed by atoms with Gasteiger partial charge in [-0.1, -0.05) is 33.6 Å². The predicted molar refractivity (Wildman–Crippen MR) is 71.6 cm³/mol. The molecule has 0 saturated carbocycles. The summed E-state index contributed by atoms with van der Waals surface area (Å²) in [6.45, 7) is 7.16. The molecule has 0 aliphatic carbocycles. The Morgan fingerprint density at radius 1 is 1.11 bits per heavy atom. The Kier molecular flexibility index (Phi) is 6.27. The molecular weight excluding hydrogens is 232 g/mol. The van der Waals surface area contributed by atoms with E-state index in [1.165, 1.54) is 12.1 Å². The molecule has 3 heteroatoms. The van der Waals surface area contributed by atoms with E-state index in [9.17, 15) is 8.78 Å². The molecule has 0 fully saturated rings. The van der Waals surface area contributed by atoms with Crippen molar-refractivity contribution >= 4 is 0 Å². The maximum absolute atomic E-state index is 13.6. The summed E-state index contributed by atoms with van der Waals surface area (Å²) in [5.41, 5.74) is 0.466. The van der Waals surface area contributed by atoms with Crippen LogP contribution in [0.5, 0.6) is 0 Å². The molecule has 18 heavy (non-hydrogen) atoms. The van der Waals surface area contributed by atoms with Crippen LogP contribution in [0.15, 0.2) is 18.2 Å². The van der Waals surface area contributed by atoms with Crippen molar-refractivity contribution < 1.29 is 8.78 Å². The normalized spacial score (nSPS) is 13.0. The van der Waals surface area contributed by atoms with Gasteiger partial charge in [0.05, 0.1) is 0 Å². The topological polar surface area (TPSA) is 12.0 Å². The van der Waals surface area contributed by atoms with Crippen LogP contribution < -0.4 is 5.32 Å². The predicted octanol–water partition coefficient (Wildman–Crippen LogP) is 3.92. The van der Waals surface area contributed by atoms with Crippen LogP contribution in [0.2, 0.25) is 0 Å². The minimum absolute atomic E-state index is 0.210. The second-order valence-corrected chi connectivity index (χ2v) is 4.68. The van der Waals surface area contributed by atoms with Gasteiger partial charge in [0.2, 0.25) is 0 Å². The van der Waals surface area contributed by atoms with Crippen LogP contribution in [0.4, 0.5) is 8.78 Å². The molecule has 1 unspecified atom stereocenters. The first-order valence-corrected chi connectivity index (χ1v) is 6.79. The maximum atomic E-state index is 13.6. The van der Waals surface area contributed by atoms with Crippen LogP contribution in [-0.4, -0.2) is 12.6 Å². The van der Waals surface area contributed by atoms with Crippen LogP contribution in [0.25, 0.3) is 0 Å². The van der Waals surface area contributed by atoms with Crippen molar-refractivity contribution in [3.8, 4) is 0 Å². The molecule has 0 aromatic heterocycles. The lowest BCUT2D eigenvalue weighted by atomic mass is 9.89. The van der Waals surface area contributed by atoms with Crippen LogP contribution in [0.1, 0.15) is 39.2 Å². The van der Waals surface area contributed by atoms with Crippen LogP contribution in [-0.2, 0) is 6.42 Å². The molecule has 0 amide bonds. The highest BCUT2D eigenvalue weighted by molar-refractivity contribution is 5.20. The van der Waals surface area contributed by atoms with Gasteiger partial charge in [0.1, 0.15) is 11.6 Å². The Labute approximate surface area is 109 Å². The van der Waals surface area contributed by atoms with Crippen molar-refractivity contribution in [1.82, 2.24) is 5.32 Å². The zero-order chi connectivity index (χ0) is 13.5. The summed E-state index contributed by atoms with van der Waals surface area (Å²) in [5, 5.41) is 3.39. The van der Waals surface area contributed by atoms with Crippen molar-refractivity contribution in [2.45, 2.75) is 46.1 Å². The largest absolute Gasteiger partial charge is 0.314 e. The van der Waals surface area contributed by atoms with Gasteiger partial charge in [0.25, 0.3) is 0 Å². The van der Waals surface area contributed by atoms with Gasteiger partial charge in [-0.3, -0.25) is 0 Å². The van der Waals surface area contributed by atoms with E-state index in [1.807, 2.05) is 6.92 Å². The summed E-state index contributed by atoms with van der Waals surface area (Å²) in [4.78, 5) is 0. The lowest BCUT2D eigenvalue weighted by molar-refractivity contribution is 0.333. The highest BCUT2D eigenvalue weighted by atomic mass is 19.1. The lowest BCUT2D eigenvalue weighted by Gasteiger charge is -2.26. The monoisotopic (exact) mass is 255 g/mol. The summed E-state index contributed by atoms with van der Waals surface area (Å²) >= 11 is 0. The Bertz CT molecular complexity index is 362. The molecule has 102 valence electrons. The fourth-order valence-corrected chi connectivity index (χ4v) is 2.46. The van der Waals surface area contributed by atoms with E-state index < -0.39 is 0 Å². The second-order valence-electron chi connectivity index (χ2n) is 4.68. The Morgan fingerprint density at radius 2 is 1.78 bits per heavy atom. The molecule has 1 nitrogen and oxygen atoms in total. The molecule has 1 rings (SSSR count). The van der Waals surface area contributed by atoms with E-state index in [0.717, 1.165) is 25.5 Å².